The predicted octanol–water partition coefficient (Wildman–Crippen LogP) is 2.43. The van der Waals surface area contributed by atoms with Crippen molar-refractivity contribution < 1.29 is 13.5 Å². The Labute approximate surface area is 115 Å². The Hall–Kier alpha value is -1.92. The van der Waals surface area contributed by atoms with Crippen molar-refractivity contribution in [2.24, 2.45) is 0 Å². The van der Waals surface area contributed by atoms with E-state index in [9.17, 15) is 13.5 Å². The Morgan fingerprint density at radius 3 is 2.32 bits per heavy atom. The molecule has 2 rings (SSSR count). The van der Waals surface area contributed by atoms with E-state index in [-0.39, 0.29) is 16.3 Å². The molecule has 0 saturated heterocycles. The molecule has 4 N–H and O–H groups in total. The number of nitrogens with two attached hydrogens (primary N) is 1. The fourth-order valence-electron chi connectivity index (χ4n) is 1.43. The summed E-state index contributed by atoms with van der Waals surface area (Å²) in [5.74, 6) is -0.162. The molecule has 5 nitrogen and oxygen atoms in total. The average molecular weight is 299 g/mol. The number of aromatic hydroxyl groups is 1. The molecule has 0 aliphatic heterocycles. The molecule has 0 amide bonds. The summed E-state index contributed by atoms with van der Waals surface area (Å²) in [7, 11) is -3.75. The van der Waals surface area contributed by atoms with Gasteiger partial charge in [-0.15, -0.1) is 0 Å². The maximum absolute atomic E-state index is 12.1. The van der Waals surface area contributed by atoms with Crippen molar-refractivity contribution in [1.82, 2.24) is 0 Å². The lowest BCUT2D eigenvalue weighted by Crippen LogP contribution is -2.13. The lowest BCUT2D eigenvalue weighted by atomic mass is 10.3. The molecule has 0 aromatic heterocycles. The molecule has 0 aliphatic rings. The standard InChI is InChI=1S/C12H11ClN2O3S/c13-8-1-3-9(4-2-8)15-19(17,18)10-5-6-12(16)11(14)7-10/h1-7,15-16H,14H2. The number of nitrogens with one attached hydrogen (secondary N) is 1. The topological polar surface area (TPSA) is 92.4 Å². The summed E-state index contributed by atoms with van der Waals surface area (Å²) in [6.45, 7) is 0. The second kappa shape index (κ2) is 4.99. The molecule has 100 valence electrons. The van der Waals surface area contributed by atoms with E-state index >= 15 is 0 Å². The molecule has 0 fully saturated rings. The van der Waals surface area contributed by atoms with Crippen molar-refractivity contribution in [2.75, 3.05) is 10.5 Å². The van der Waals surface area contributed by atoms with E-state index in [0.29, 0.717) is 10.7 Å². The molecule has 2 aromatic carbocycles. The van der Waals surface area contributed by atoms with Crippen LogP contribution in [0.2, 0.25) is 5.02 Å². The van der Waals surface area contributed by atoms with Crippen molar-refractivity contribution in [3.63, 3.8) is 0 Å². The van der Waals surface area contributed by atoms with Crippen LogP contribution in [0, 0.1) is 0 Å². The van der Waals surface area contributed by atoms with Crippen LogP contribution < -0.4 is 10.5 Å². The summed E-state index contributed by atoms with van der Waals surface area (Å²) < 4.78 is 26.5. The number of anilines is 2. The van der Waals surface area contributed by atoms with Gasteiger partial charge in [0.15, 0.2) is 0 Å². The van der Waals surface area contributed by atoms with Gasteiger partial charge >= 0.3 is 0 Å². The van der Waals surface area contributed by atoms with Crippen molar-refractivity contribution in [1.29, 1.82) is 0 Å². The first-order chi connectivity index (χ1) is 8.88. The van der Waals surface area contributed by atoms with Crippen molar-refractivity contribution in [2.45, 2.75) is 4.90 Å². The SMILES string of the molecule is Nc1cc(S(=O)(=O)Nc2ccc(Cl)cc2)ccc1O. The second-order valence-corrected chi connectivity index (χ2v) is 5.95. The lowest BCUT2D eigenvalue weighted by molar-refractivity contribution is 0.477. The van der Waals surface area contributed by atoms with E-state index in [1.807, 2.05) is 0 Å². The monoisotopic (exact) mass is 298 g/mol. The van der Waals surface area contributed by atoms with Crippen LogP contribution in [-0.2, 0) is 10.0 Å². The van der Waals surface area contributed by atoms with Crippen molar-refractivity contribution >= 4 is 33.0 Å². The normalized spacial score (nSPS) is 11.2. The molecule has 0 saturated carbocycles. The van der Waals surface area contributed by atoms with Crippen LogP contribution in [0.4, 0.5) is 11.4 Å². The summed E-state index contributed by atoms with van der Waals surface area (Å²) >= 11 is 5.72. The largest absolute Gasteiger partial charge is 0.506 e. The number of hydrogen-bond acceptors (Lipinski definition) is 4. The van der Waals surface area contributed by atoms with E-state index in [0.717, 1.165) is 0 Å². The summed E-state index contributed by atoms with van der Waals surface area (Å²) in [5.41, 5.74) is 5.86. The number of benzene rings is 2. The molecule has 0 atom stereocenters. The van der Waals surface area contributed by atoms with Gasteiger partial charge < -0.3 is 10.8 Å². The first-order valence-corrected chi connectivity index (χ1v) is 7.11. The van der Waals surface area contributed by atoms with Crippen molar-refractivity contribution in [3.05, 3.63) is 47.5 Å². The van der Waals surface area contributed by atoms with Crippen LogP contribution >= 0.6 is 11.6 Å². The number of rotatable bonds is 3. The number of sulfonamides is 1. The highest BCUT2D eigenvalue weighted by Crippen LogP contribution is 2.25. The van der Waals surface area contributed by atoms with Gasteiger partial charge in [-0.05, 0) is 42.5 Å². The van der Waals surface area contributed by atoms with Crippen LogP contribution in [-0.4, -0.2) is 13.5 Å². The van der Waals surface area contributed by atoms with Gasteiger partial charge in [-0.3, -0.25) is 4.72 Å². The Bertz CT molecular complexity index is 699. The first kappa shape index (κ1) is 13.5. The van der Waals surface area contributed by atoms with Crippen LogP contribution in [0.25, 0.3) is 0 Å². The Morgan fingerprint density at radius 2 is 1.74 bits per heavy atom. The molecule has 0 heterocycles. The van der Waals surface area contributed by atoms with Gasteiger partial charge in [0.05, 0.1) is 10.6 Å². The first-order valence-electron chi connectivity index (χ1n) is 5.25. The summed E-state index contributed by atoms with van der Waals surface area (Å²) in [6.07, 6.45) is 0. The molecule has 0 aliphatic carbocycles. The molecule has 7 heteroatoms. The Balaban J connectivity index is 2.32. The predicted molar refractivity (Wildman–Crippen MR) is 74.8 cm³/mol. The number of nitrogen functional groups attached to an aromatic ring is 1. The molecule has 0 bridgehead atoms. The number of hydrogen-bond donors (Lipinski definition) is 3. The highest BCUT2D eigenvalue weighted by Gasteiger charge is 2.15. The van der Waals surface area contributed by atoms with Gasteiger partial charge in [0, 0.05) is 10.7 Å². The molecule has 2 aromatic rings. The highest BCUT2D eigenvalue weighted by molar-refractivity contribution is 7.92. The summed E-state index contributed by atoms with van der Waals surface area (Å²) in [6, 6.07) is 9.92. The summed E-state index contributed by atoms with van der Waals surface area (Å²) in [5, 5.41) is 9.79. The summed E-state index contributed by atoms with van der Waals surface area (Å²) in [4.78, 5) is -0.0299. The quantitative estimate of drug-likeness (QED) is 0.599. The van der Waals surface area contributed by atoms with E-state index in [2.05, 4.69) is 4.72 Å². The third-order valence-corrected chi connectivity index (χ3v) is 4.04. The molecule has 0 spiro atoms. The number of phenolic OH excluding ortho intramolecular Hbond substituents is 1. The molecule has 0 radical (unpaired) electrons. The van der Waals surface area contributed by atoms with Crippen LogP contribution in [0.15, 0.2) is 47.4 Å². The number of halogens is 1. The Kier molecular flexibility index (Phi) is 3.55. The maximum Gasteiger partial charge on any atom is 0.261 e. The minimum atomic E-state index is -3.75. The average Bonchev–Trinajstić information content (AvgIpc) is 2.35. The van der Waals surface area contributed by atoms with Gasteiger partial charge in [-0.1, -0.05) is 11.6 Å². The van der Waals surface area contributed by atoms with Crippen LogP contribution in [0.1, 0.15) is 0 Å². The van der Waals surface area contributed by atoms with Gasteiger partial charge in [0.1, 0.15) is 5.75 Å². The Morgan fingerprint density at radius 1 is 1.11 bits per heavy atom. The van der Waals surface area contributed by atoms with Crippen molar-refractivity contribution in [3.8, 4) is 5.75 Å². The second-order valence-electron chi connectivity index (χ2n) is 3.83. The smallest absolute Gasteiger partial charge is 0.261 e. The third kappa shape index (κ3) is 3.10. The molecular formula is C12H11ClN2O3S. The van der Waals surface area contributed by atoms with Gasteiger partial charge in [0.2, 0.25) is 0 Å². The maximum atomic E-state index is 12.1. The lowest BCUT2D eigenvalue weighted by Gasteiger charge is -2.09. The molecule has 19 heavy (non-hydrogen) atoms. The number of phenols is 1. The van der Waals surface area contributed by atoms with Gasteiger partial charge in [-0.25, -0.2) is 8.42 Å². The highest BCUT2D eigenvalue weighted by atomic mass is 35.5. The zero-order valence-electron chi connectivity index (χ0n) is 9.67. The van der Waals surface area contributed by atoms with Crippen LogP contribution in [0.3, 0.4) is 0 Å². The zero-order valence-corrected chi connectivity index (χ0v) is 11.2. The third-order valence-electron chi connectivity index (χ3n) is 2.41. The van der Waals surface area contributed by atoms with E-state index in [4.69, 9.17) is 17.3 Å². The zero-order chi connectivity index (χ0) is 14.0. The van der Waals surface area contributed by atoms with Gasteiger partial charge in [-0.2, -0.15) is 0 Å². The minimum Gasteiger partial charge on any atom is -0.506 e. The van der Waals surface area contributed by atoms with Crippen LogP contribution in [0.5, 0.6) is 5.75 Å². The van der Waals surface area contributed by atoms with Gasteiger partial charge in [0.25, 0.3) is 10.0 Å². The minimum absolute atomic E-state index is 0.000943. The van der Waals surface area contributed by atoms with E-state index in [1.165, 1.54) is 18.2 Å². The molecular weight excluding hydrogens is 288 g/mol. The fraction of sp³-hybridized carbons (Fsp3) is 0. The molecule has 0 unspecified atom stereocenters. The van der Waals surface area contributed by atoms with E-state index < -0.39 is 10.0 Å². The van der Waals surface area contributed by atoms with E-state index in [1.54, 1.807) is 24.3 Å². The fourth-order valence-corrected chi connectivity index (χ4v) is 2.65.